The van der Waals surface area contributed by atoms with Gasteiger partial charge in [0.2, 0.25) is 17.7 Å². The molecule has 0 bridgehead atoms. The number of carbonyl (C=O) groups is 4. The van der Waals surface area contributed by atoms with E-state index in [1.165, 1.54) is 16.7 Å². The number of rotatable bonds is 7. The van der Waals surface area contributed by atoms with E-state index in [0.29, 0.717) is 26.8 Å². The molecule has 3 atom stereocenters. The van der Waals surface area contributed by atoms with Crippen molar-refractivity contribution in [3.05, 3.63) is 111 Å². The van der Waals surface area contributed by atoms with Crippen LogP contribution in [0.5, 0.6) is 0 Å². The van der Waals surface area contributed by atoms with Gasteiger partial charge < -0.3 is 10.1 Å². The molecule has 212 valence electrons. The predicted molar refractivity (Wildman–Crippen MR) is 160 cm³/mol. The van der Waals surface area contributed by atoms with Crippen LogP contribution in [0, 0.1) is 5.92 Å². The first kappa shape index (κ1) is 27.7. The molecule has 6 rings (SSSR count). The van der Waals surface area contributed by atoms with Crippen LogP contribution in [-0.4, -0.2) is 40.1 Å². The van der Waals surface area contributed by atoms with Crippen molar-refractivity contribution in [2.45, 2.75) is 29.7 Å². The molecule has 3 amide bonds. The van der Waals surface area contributed by atoms with Crippen molar-refractivity contribution >= 4 is 58.2 Å². The lowest BCUT2D eigenvalue weighted by molar-refractivity contribution is -0.122. The third kappa shape index (κ3) is 4.94. The highest BCUT2D eigenvalue weighted by atomic mass is 32.2. The maximum absolute atomic E-state index is 14.0. The number of thiazole rings is 1. The quantitative estimate of drug-likeness (QED) is 0.245. The molecule has 0 unspecified atom stereocenters. The van der Waals surface area contributed by atoms with Gasteiger partial charge in [-0.2, -0.15) is 0 Å². The molecule has 9 nitrogen and oxygen atoms in total. The molecule has 11 heteroatoms. The smallest absolute Gasteiger partial charge is 0.338 e. The molecule has 0 spiro atoms. The first-order chi connectivity index (χ1) is 20.4. The number of para-hydroxylation sites is 1. The molecule has 1 fully saturated rings. The summed E-state index contributed by atoms with van der Waals surface area (Å²) in [6.07, 6.45) is 0. The highest BCUT2D eigenvalue weighted by Gasteiger charge is 2.56. The summed E-state index contributed by atoms with van der Waals surface area (Å²) >= 11 is 2.15. The third-order valence-corrected chi connectivity index (χ3v) is 9.81. The summed E-state index contributed by atoms with van der Waals surface area (Å²) in [5.74, 6) is -2.97. The zero-order chi connectivity index (χ0) is 29.4. The Morgan fingerprint density at radius 1 is 0.881 bits per heavy atom. The van der Waals surface area contributed by atoms with Crippen molar-refractivity contribution in [2.24, 2.45) is 5.92 Å². The topological polar surface area (TPSA) is 115 Å². The number of ether oxygens (including phenoxy) is 1. The lowest BCUT2D eigenvalue weighted by Crippen LogP contribution is -2.33. The minimum Gasteiger partial charge on any atom is -0.462 e. The van der Waals surface area contributed by atoms with Crippen molar-refractivity contribution < 1.29 is 23.9 Å². The molecule has 1 N–H and O–H groups in total. The van der Waals surface area contributed by atoms with Gasteiger partial charge in [-0.25, -0.2) is 9.69 Å². The maximum Gasteiger partial charge on any atom is 0.338 e. The Morgan fingerprint density at radius 2 is 1.55 bits per heavy atom. The van der Waals surface area contributed by atoms with Gasteiger partial charge in [0.1, 0.15) is 11.8 Å². The third-order valence-electron chi connectivity index (χ3n) is 7.20. The van der Waals surface area contributed by atoms with Crippen molar-refractivity contribution in [3.63, 3.8) is 0 Å². The normalized spacial score (nSPS) is 19.3. The molecule has 2 aliphatic rings. The Labute approximate surface area is 249 Å². The zero-order valence-corrected chi connectivity index (χ0v) is 24.0. The van der Waals surface area contributed by atoms with Crippen LogP contribution in [0.4, 0.5) is 11.4 Å². The standard InChI is InChI=1S/C31H25N3O6S2/c1-2-40-30(38)19-13-15-21(16-14-19)34-27(36)24-23(18-9-5-3-6-10-18)26-29(41-25(24)28(34)37)33(31(39)42-26)17-22(35)32-20-11-7-4-8-12-20/h3-16,23-25H,2,17H2,1H3,(H,32,35)/t23-,24+,25-/m0/s1. The maximum atomic E-state index is 14.0. The number of thioether (sulfide) groups is 1. The van der Waals surface area contributed by atoms with Crippen molar-refractivity contribution in [1.82, 2.24) is 4.57 Å². The number of amides is 3. The average Bonchev–Trinajstić information content (AvgIpc) is 3.44. The molecular formula is C31H25N3O6S2. The number of imide groups is 1. The van der Waals surface area contributed by atoms with Gasteiger partial charge in [-0.05, 0) is 48.9 Å². The molecule has 0 saturated carbocycles. The molecule has 0 radical (unpaired) electrons. The van der Waals surface area contributed by atoms with Crippen molar-refractivity contribution in [3.8, 4) is 0 Å². The fraction of sp³-hybridized carbons (Fsp3) is 0.194. The summed E-state index contributed by atoms with van der Waals surface area (Å²) in [4.78, 5) is 67.6. The molecule has 3 heterocycles. The zero-order valence-electron chi connectivity index (χ0n) is 22.4. The minimum absolute atomic E-state index is 0.230. The molecule has 42 heavy (non-hydrogen) atoms. The number of benzene rings is 3. The van der Waals surface area contributed by atoms with Gasteiger partial charge in [-0.15, -0.1) is 0 Å². The number of nitrogens with one attached hydrogen (secondary N) is 1. The predicted octanol–water partition coefficient (Wildman–Crippen LogP) is 4.52. The Kier molecular flexibility index (Phi) is 7.53. The molecule has 2 aliphatic heterocycles. The van der Waals surface area contributed by atoms with Gasteiger partial charge in [-0.1, -0.05) is 71.6 Å². The Hall–Kier alpha value is -4.48. The van der Waals surface area contributed by atoms with E-state index in [1.807, 2.05) is 36.4 Å². The van der Waals surface area contributed by atoms with Crippen LogP contribution in [0.1, 0.15) is 33.6 Å². The van der Waals surface area contributed by atoms with E-state index < -0.39 is 29.0 Å². The summed E-state index contributed by atoms with van der Waals surface area (Å²) in [5.41, 5.74) is 2.07. The van der Waals surface area contributed by atoms with Crippen LogP contribution in [0.15, 0.2) is 94.7 Å². The van der Waals surface area contributed by atoms with Crippen LogP contribution in [0.3, 0.4) is 0 Å². The monoisotopic (exact) mass is 599 g/mol. The number of anilines is 2. The van der Waals surface area contributed by atoms with Crippen LogP contribution in [0.25, 0.3) is 0 Å². The molecule has 4 aromatic rings. The Morgan fingerprint density at radius 3 is 2.21 bits per heavy atom. The fourth-order valence-electron chi connectivity index (χ4n) is 5.36. The summed E-state index contributed by atoms with van der Waals surface area (Å²) in [7, 11) is 0. The van der Waals surface area contributed by atoms with Crippen LogP contribution in [-0.2, 0) is 25.7 Å². The van der Waals surface area contributed by atoms with Gasteiger partial charge in [0, 0.05) is 16.5 Å². The van der Waals surface area contributed by atoms with E-state index in [0.717, 1.165) is 33.6 Å². The summed E-state index contributed by atoms with van der Waals surface area (Å²) in [5, 5.41) is 2.51. The first-order valence-electron chi connectivity index (χ1n) is 13.3. The largest absolute Gasteiger partial charge is 0.462 e. The second-order valence-corrected chi connectivity index (χ2v) is 11.9. The summed E-state index contributed by atoms with van der Waals surface area (Å²) < 4.78 is 6.43. The molecular weight excluding hydrogens is 574 g/mol. The van der Waals surface area contributed by atoms with Gasteiger partial charge in [0.15, 0.2) is 0 Å². The number of nitrogens with zero attached hydrogens (tertiary/aromatic N) is 2. The summed E-state index contributed by atoms with van der Waals surface area (Å²) in [6.45, 7) is 1.71. The number of carbonyl (C=O) groups excluding carboxylic acids is 4. The Bertz CT molecular complexity index is 1730. The lowest BCUT2D eigenvalue weighted by Gasteiger charge is -2.30. The number of aromatic nitrogens is 1. The van der Waals surface area contributed by atoms with E-state index in [2.05, 4.69) is 5.32 Å². The van der Waals surface area contributed by atoms with Crippen LogP contribution < -0.4 is 15.1 Å². The van der Waals surface area contributed by atoms with Gasteiger partial charge in [0.25, 0.3) is 0 Å². The van der Waals surface area contributed by atoms with Gasteiger partial charge in [-0.3, -0.25) is 23.7 Å². The number of hydrogen-bond acceptors (Lipinski definition) is 8. The highest BCUT2D eigenvalue weighted by molar-refractivity contribution is 8.00. The average molecular weight is 600 g/mol. The van der Waals surface area contributed by atoms with Crippen molar-refractivity contribution in [2.75, 3.05) is 16.8 Å². The van der Waals surface area contributed by atoms with E-state index in [9.17, 15) is 24.0 Å². The Balaban J connectivity index is 1.36. The molecule has 3 aromatic carbocycles. The minimum atomic E-state index is -0.808. The van der Waals surface area contributed by atoms with Gasteiger partial charge in [0.05, 0.1) is 28.8 Å². The van der Waals surface area contributed by atoms with E-state index in [4.69, 9.17) is 4.74 Å². The number of hydrogen-bond donors (Lipinski definition) is 1. The number of fused-ring (bicyclic) bond motifs is 2. The van der Waals surface area contributed by atoms with Gasteiger partial charge >= 0.3 is 10.8 Å². The second kappa shape index (κ2) is 11.4. The first-order valence-corrected chi connectivity index (χ1v) is 15.0. The molecule has 1 saturated heterocycles. The summed E-state index contributed by atoms with van der Waals surface area (Å²) in [6, 6.07) is 24.4. The van der Waals surface area contributed by atoms with E-state index in [1.54, 1.807) is 43.3 Å². The SMILES string of the molecule is CCOC(=O)c1ccc(N2C(=O)[C@@H]3[C@H](c4ccccc4)c4sc(=O)n(CC(=O)Nc5ccccc5)c4S[C@@H]3C2=O)cc1. The van der Waals surface area contributed by atoms with Crippen molar-refractivity contribution in [1.29, 1.82) is 0 Å². The lowest BCUT2D eigenvalue weighted by atomic mass is 9.83. The molecule has 1 aromatic heterocycles. The fourth-order valence-corrected chi connectivity index (χ4v) is 8.13. The second-order valence-electron chi connectivity index (χ2n) is 9.77. The highest BCUT2D eigenvalue weighted by Crippen LogP contribution is 2.53. The van der Waals surface area contributed by atoms with E-state index in [-0.39, 0.29) is 29.8 Å². The van der Waals surface area contributed by atoms with Crippen LogP contribution in [0.2, 0.25) is 0 Å². The number of esters is 1. The van der Waals surface area contributed by atoms with Crippen LogP contribution >= 0.6 is 23.1 Å². The molecule has 0 aliphatic carbocycles. The van der Waals surface area contributed by atoms with E-state index >= 15 is 0 Å².